The first kappa shape index (κ1) is 46.3. The van der Waals surface area contributed by atoms with Crippen LogP contribution in [0.25, 0.3) is 0 Å². The van der Waals surface area contributed by atoms with Crippen LogP contribution in [0.1, 0.15) is 30.4 Å². The van der Waals surface area contributed by atoms with Gasteiger partial charge in [0.1, 0.15) is 31.6 Å². The molecule has 2 saturated heterocycles. The molecule has 6 N–H and O–H groups in total. The monoisotopic (exact) mass is 773 g/mol. The minimum absolute atomic E-state index is 0.178. The van der Waals surface area contributed by atoms with E-state index in [1.165, 1.54) is 68.0 Å². The van der Waals surface area contributed by atoms with E-state index in [1.54, 1.807) is 24.3 Å². The Morgan fingerprint density at radius 2 is 0.885 bits per heavy atom. The topological polar surface area (TPSA) is 173 Å². The zero-order valence-electron chi connectivity index (χ0n) is 29.3. The number of halogens is 4. The van der Waals surface area contributed by atoms with E-state index in [2.05, 4.69) is 64.5 Å². The third-order valence-electron chi connectivity index (χ3n) is 6.80. The summed E-state index contributed by atoms with van der Waals surface area (Å²) in [5.41, 5.74) is 4.34. The minimum Gasteiger partial charge on any atom is -0.744 e. The molecule has 2 heterocycles. The molecule has 0 aliphatic carbocycles. The van der Waals surface area contributed by atoms with Crippen LogP contribution in [0.2, 0.25) is 0 Å². The number of piperidine rings is 1. The molecule has 17 heteroatoms. The molecule has 4 aromatic carbocycles. The Balaban J connectivity index is 0.000000323. The highest BCUT2D eigenvalue weighted by molar-refractivity contribution is 7.86. The van der Waals surface area contributed by atoms with Crippen molar-refractivity contribution >= 4 is 38.9 Å². The smallest absolute Gasteiger partial charge is 0.673 e. The van der Waals surface area contributed by atoms with Gasteiger partial charge in [0.05, 0.1) is 49.2 Å². The van der Waals surface area contributed by atoms with Crippen molar-refractivity contribution in [1.82, 2.24) is 0 Å². The van der Waals surface area contributed by atoms with Crippen molar-refractivity contribution in [3.8, 4) is 0 Å². The van der Waals surface area contributed by atoms with Gasteiger partial charge in [-0.3, -0.25) is 5.32 Å². The predicted molar refractivity (Wildman–Crippen MR) is 191 cm³/mol. The number of quaternary nitrogens is 3. The second-order valence-electron chi connectivity index (χ2n) is 11.4. The molecule has 0 saturated carbocycles. The third-order valence-corrected chi connectivity index (χ3v) is 8.50. The summed E-state index contributed by atoms with van der Waals surface area (Å²) >= 11 is 0. The van der Waals surface area contributed by atoms with E-state index in [9.17, 15) is 43.2 Å². The molecule has 2 aliphatic heterocycles. The fourth-order valence-corrected chi connectivity index (χ4v) is 5.12. The Morgan fingerprint density at radius 3 is 1.10 bits per heavy atom. The molecule has 0 amide bonds. The maximum absolute atomic E-state index is 10.4. The van der Waals surface area contributed by atoms with E-state index in [1.807, 2.05) is 26.0 Å². The Bertz CT molecular complexity index is 1560. The van der Waals surface area contributed by atoms with Crippen molar-refractivity contribution in [3.05, 3.63) is 120 Å². The number of nitrogens with two attached hydrogens (primary N) is 3. The minimum atomic E-state index is -6.00. The Labute approximate surface area is 304 Å². The van der Waals surface area contributed by atoms with E-state index in [-0.39, 0.29) is 9.79 Å². The van der Waals surface area contributed by atoms with Gasteiger partial charge in [0.15, 0.2) is 0 Å². The van der Waals surface area contributed by atoms with Crippen molar-refractivity contribution in [2.75, 3.05) is 39.4 Å². The summed E-state index contributed by atoms with van der Waals surface area (Å²) in [6.07, 6.45) is 4.36. The van der Waals surface area contributed by atoms with Crippen LogP contribution < -0.4 is 16.0 Å². The molecule has 10 nitrogen and oxygen atoms in total. The molecule has 52 heavy (non-hydrogen) atoms. The number of ether oxygens (including phenoxy) is 1. The standard InChI is InChI=1S/C12H11N.2C7H8O3S.C5H11N.C4H9NO.BF4/c1-3-7-11(8-4-1)13-12-9-5-2-6-10-12;2*1-6-2-4-7(5-3-6)11(8,9)10;1-2-4-6-5-3-1;1-3-6-4-2-5-1;2-1(3,4)5/h1-10,13H;2*2-5H,1H3,(H,8,9,10);6H,1-5H2;5H,1-4H2;/q;;;;;-1/p+1. The second kappa shape index (κ2) is 25.3. The lowest BCUT2D eigenvalue weighted by Gasteiger charge is -2.07. The van der Waals surface area contributed by atoms with Crippen LogP contribution >= 0.6 is 0 Å². The number of morpholine rings is 1. The zero-order chi connectivity index (χ0) is 38.9. The van der Waals surface area contributed by atoms with Crippen LogP contribution in [0.15, 0.2) is 119 Å². The van der Waals surface area contributed by atoms with Gasteiger partial charge < -0.3 is 41.7 Å². The van der Waals surface area contributed by atoms with Crippen molar-refractivity contribution in [1.29, 1.82) is 0 Å². The average molecular weight is 774 g/mol. The van der Waals surface area contributed by atoms with Crippen molar-refractivity contribution in [2.45, 2.75) is 42.9 Å². The molecular weight excluding hydrogens is 725 g/mol. The number of para-hydroxylation sites is 2. The number of hydrogen-bond donors (Lipinski definition) is 3. The second-order valence-corrected chi connectivity index (χ2v) is 14.2. The molecule has 288 valence electrons. The van der Waals surface area contributed by atoms with Crippen molar-refractivity contribution in [2.24, 2.45) is 0 Å². The molecule has 0 bridgehead atoms. The molecule has 4 aromatic rings. The summed E-state index contributed by atoms with van der Waals surface area (Å²) < 4.78 is 106. The van der Waals surface area contributed by atoms with Crippen molar-refractivity contribution in [3.63, 3.8) is 0 Å². The van der Waals surface area contributed by atoms with E-state index in [4.69, 9.17) is 4.74 Å². The Kier molecular flexibility index (Phi) is 22.6. The summed E-state index contributed by atoms with van der Waals surface area (Å²) in [7, 11) is -14.5. The summed E-state index contributed by atoms with van der Waals surface area (Å²) in [6, 6.07) is 32.2. The largest absolute Gasteiger partial charge is 0.744 e. The van der Waals surface area contributed by atoms with E-state index in [0.717, 1.165) is 37.4 Å². The van der Waals surface area contributed by atoms with Crippen LogP contribution in [0.3, 0.4) is 0 Å². The normalized spacial score (nSPS) is 14.0. The molecule has 0 radical (unpaired) electrons. The van der Waals surface area contributed by atoms with E-state index >= 15 is 0 Å². The molecule has 0 unspecified atom stereocenters. The van der Waals surface area contributed by atoms with Gasteiger partial charge >= 0.3 is 7.25 Å². The molecule has 0 atom stereocenters. The van der Waals surface area contributed by atoms with E-state index in [0.29, 0.717) is 0 Å². The molecule has 6 rings (SSSR count). The lowest BCUT2D eigenvalue weighted by molar-refractivity contribution is -0.670. The highest BCUT2D eigenvalue weighted by Gasteiger charge is 2.20. The van der Waals surface area contributed by atoms with Gasteiger partial charge in [0, 0.05) is 0 Å². The molecule has 2 aliphatic rings. The highest BCUT2D eigenvalue weighted by atomic mass is 32.2. The third kappa shape index (κ3) is 26.2. The van der Waals surface area contributed by atoms with Crippen LogP contribution in [0, 0.1) is 13.8 Å². The van der Waals surface area contributed by atoms with Gasteiger partial charge in [-0.25, -0.2) is 16.8 Å². The number of rotatable bonds is 4. The first-order chi connectivity index (χ1) is 24.4. The van der Waals surface area contributed by atoms with Gasteiger partial charge in [-0.15, -0.1) is 0 Å². The van der Waals surface area contributed by atoms with Crippen molar-refractivity contribution < 1.29 is 63.9 Å². The number of aryl methyl sites for hydroxylation is 2. The lowest BCUT2D eigenvalue weighted by Crippen LogP contribution is -2.87. The lowest BCUT2D eigenvalue weighted by atomic mass is 10.2. The first-order valence-electron chi connectivity index (χ1n) is 16.5. The average Bonchev–Trinajstić information content (AvgIpc) is 3.11. The molecule has 0 spiro atoms. The van der Waals surface area contributed by atoms with Crippen LogP contribution in [0.4, 0.5) is 28.6 Å². The first-order valence-corrected chi connectivity index (χ1v) is 19.3. The van der Waals surface area contributed by atoms with Crippen LogP contribution in [-0.2, 0) is 25.0 Å². The fourth-order valence-electron chi connectivity index (χ4n) is 4.18. The maximum Gasteiger partial charge on any atom is 0.673 e. The van der Waals surface area contributed by atoms with Crippen LogP contribution in [0.5, 0.6) is 0 Å². The maximum atomic E-state index is 10.4. The molecular formula is C35H48BF4N3O7S2. The summed E-state index contributed by atoms with van der Waals surface area (Å²) in [4.78, 5) is -0.355. The van der Waals surface area contributed by atoms with E-state index < -0.39 is 27.5 Å². The summed E-state index contributed by atoms with van der Waals surface area (Å²) in [6.45, 7) is 10.6. The predicted octanol–water partition coefficient (Wildman–Crippen LogP) is 3.63. The van der Waals surface area contributed by atoms with Gasteiger partial charge in [-0.2, -0.15) is 0 Å². The van der Waals surface area contributed by atoms with Gasteiger partial charge in [0.2, 0.25) is 0 Å². The van der Waals surface area contributed by atoms with Gasteiger partial charge in [-0.05, 0) is 81.6 Å². The number of hydrogen-bond acceptors (Lipinski definition) is 7. The van der Waals surface area contributed by atoms with Gasteiger partial charge in [-0.1, -0.05) is 71.8 Å². The molecule has 2 fully saturated rings. The number of benzene rings is 4. The van der Waals surface area contributed by atoms with Crippen LogP contribution in [-0.4, -0.2) is 72.6 Å². The molecule has 0 aromatic heterocycles. The summed E-state index contributed by atoms with van der Waals surface area (Å²) in [5.74, 6) is 0. The summed E-state index contributed by atoms with van der Waals surface area (Å²) in [5, 5.41) is 6.83. The Morgan fingerprint density at radius 1 is 0.558 bits per heavy atom. The Hall–Kier alpha value is -3.68. The highest BCUT2D eigenvalue weighted by Crippen LogP contribution is 2.10. The SMILES string of the molecule is C1CC[NH2+]CC1.C1COCC[NH2+]1.Cc1ccc(S(=O)(=O)[O-])cc1.Cc1ccc(S(=O)(=O)[O-])cc1.F[B-](F)(F)F.c1ccc([NH2+]c2ccccc2)cc1. The quantitative estimate of drug-likeness (QED) is 0.123. The fraction of sp³-hybridized carbons (Fsp3) is 0.314. The zero-order valence-corrected chi connectivity index (χ0v) is 30.9. The van der Waals surface area contributed by atoms with Gasteiger partial charge in [0.25, 0.3) is 0 Å².